The zero-order valence-electron chi connectivity index (χ0n) is 14.5. The Morgan fingerprint density at radius 2 is 1.83 bits per heavy atom. The van der Waals surface area contributed by atoms with Gasteiger partial charge >= 0.3 is 0 Å². The largest absolute Gasteiger partial charge is 0.411 e. The van der Waals surface area contributed by atoms with Crippen molar-refractivity contribution in [3.63, 3.8) is 0 Å². The van der Waals surface area contributed by atoms with Crippen LogP contribution in [0.2, 0.25) is 0 Å². The van der Waals surface area contributed by atoms with E-state index in [2.05, 4.69) is 19.0 Å². The molecular weight excluding hydrogens is 306 g/mol. The predicted octanol–water partition coefficient (Wildman–Crippen LogP) is 2.72. The number of hydrogen-bond donors (Lipinski definition) is 2. The highest BCUT2D eigenvalue weighted by molar-refractivity contribution is 5.99. The summed E-state index contributed by atoms with van der Waals surface area (Å²) in [4.78, 5) is 24.5. The first-order valence-corrected chi connectivity index (χ1v) is 9.25. The van der Waals surface area contributed by atoms with Crippen LogP contribution in [-0.2, 0) is 9.59 Å². The van der Waals surface area contributed by atoms with Crippen LogP contribution in [0, 0.1) is 28.6 Å². The molecule has 4 rings (SSSR count). The van der Waals surface area contributed by atoms with Crippen LogP contribution in [0.3, 0.4) is 0 Å². The van der Waals surface area contributed by atoms with E-state index in [0.717, 1.165) is 19.3 Å². The van der Waals surface area contributed by atoms with Crippen LogP contribution in [0.4, 0.5) is 0 Å². The third-order valence-corrected chi connectivity index (χ3v) is 8.31. The second kappa shape index (κ2) is 4.90. The number of carbonyl (C=O) groups is 2. The van der Waals surface area contributed by atoms with Gasteiger partial charge in [-0.3, -0.25) is 9.59 Å². The molecule has 0 aromatic carbocycles. The Balaban J connectivity index is 1.78. The van der Waals surface area contributed by atoms with E-state index >= 15 is 0 Å². The van der Waals surface area contributed by atoms with Gasteiger partial charge in [0.25, 0.3) is 0 Å². The van der Waals surface area contributed by atoms with Crippen LogP contribution < -0.4 is 0 Å². The van der Waals surface area contributed by atoms with Gasteiger partial charge in [0.2, 0.25) is 0 Å². The average Bonchev–Trinajstić information content (AvgIpc) is 2.84. The predicted molar refractivity (Wildman–Crippen MR) is 87.8 cm³/mol. The van der Waals surface area contributed by atoms with Crippen molar-refractivity contribution >= 4 is 17.3 Å². The average molecular weight is 333 g/mol. The standard InChI is InChI=1S/C19H27NO4/c1-17-7-6-14-12(13(17)3-4-16(17)22)9-15(20-24)19(23)10-11(21)5-8-18(14,19)2/h12-14,23-24H,3-10H2,1-2H3/b20-15-/t12-,13-,14+,17-,18+,19?/m0/s1. The third-order valence-electron chi connectivity index (χ3n) is 8.31. The lowest BCUT2D eigenvalue weighted by Gasteiger charge is -2.62. The van der Waals surface area contributed by atoms with Gasteiger partial charge in [-0.15, -0.1) is 0 Å². The van der Waals surface area contributed by atoms with E-state index in [0.29, 0.717) is 43.1 Å². The van der Waals surface area contributed by atoms with Gasteiger partial charge in [0.1, 0.15) is 17.2 Å². The van der Waals surface area contributed by atoms with Gasteiger partial charge in [0.05, 0.1) is 5.71 Å². The number of fused-ring (bicyclic) bond motifs is 5. The summed E-state index contributed by atoms with van der Waals surface area (Å²) in [5, 5.41) is 24.4. The molecule has 5 heteroatoms. The monoisotopic (exact) mass is 333 g/mol. The molecule has 4 fully saturated rings. The summed E-state index contributed by atoms with van der Waals surface area (Å²) >= 11 is 0. The molecule has 6 atom stereocenters. The number of aliphatic hydroxyl groups is 1. The smallest absolute Gasteiger partial charge is 0.139 e. The number of rotatable bonds is 0. The van der Waals surface area contributed by atoms with Gasteiger partial charge in [-0.1, -0.05) is 19.0 Å². The molecule has 0 spiro atoms. The molecule has 2 N–H and O–H groups in total. The van der Waals surface area contributed by atoms with Crippen molar-refractivity contribution in [1.29, 1.82) is 0 Å². The van der Waals surface area contributed by atoms with E-state index in [4.69, 9.17) is 0 Å². The van der Waals surface area contributed by atoms with E-state index in [1.54, 1.807) is 0 Å². The van der Waals surface area contributed by atoms with Gasteiger partial charge in [-0.05, 0) is 49.9 Å². The maximum atomic E-state index is 12.5. The van der Waals surface area contributed by atoms with Gasteiger partial charge in [-0.2, -0.15) is 0 Å². The van der Waals surface area contributed by atoms with Crippen LogP contribution in [0.1, 0.15) is 65.2 Å². The number of hydrogen-bond acceptors (Lipinski definition) is 5. The van der Waals surface area contributed by atoms with Crippen molar-refractivity contribution in [3.05, 3.63) is 0 Å². The second-order valence-electron chi connectivity index (χ2n) is 9.04. The maximum absolute atomic E-state index is 12.5. The van der Waals surface area contributed by atoms with Crippen LogP contribution in [0.25, 0.3) is 0 Å². The Labute approximate surface area is 142 Å². The number of ketones is 2. The van der Waals surface area contributed by atoms with E-state index in [9.17, 15) is 19.9 Å². The molecule has 0 radical (unpaired) electrons. The quantitative estimate of drug-likeness (QED) is 0.527. The first-order chi connectivity index (χ1) is 11.3. The lowest BCUT2D eigenvalue weighted by atomic mass is 9.43. The molecule has 1 unspecified atom stereocenters. The third kappa shape index (κ3) is 1.77. The molecule has 24 heavy (non-hydrogen) atoms. The highest BCUT2D eigenvalue weighted by Crippen LogP contribution is 2.65. The van der Waals surface area contributed by atoms with E-state index in [-0.39, 0.29) is 29.5 Å². The van der Waals surface area contributed by atoms with E-state index in [1.807, 2.05) is 0 Å². The Kier molecular flexibility index (Phi) is 3.32. The molecule has 0 saturated heterocycles. The summed E-state index contributed by atoms with van der Waals surface area (Å²) in [5.74, 6) is 1.27. The molecule has 0 amide bonds. The first-order valence-electron chi connectivity index (χ1n) is 9.25. The number of oxime groups is 1. The summed E-state index contributed by atoms with van der Waals surface area (Å²) in [7, 11) is 0. The minimum absolute atomic E-state index is 0.0475. The molecule has 0 bridgehead atoms. The molecule has 4 aliphatic carbocycles. The number of carbonyl (C=O) groups excluding carboxylic acids is 2. The van der Waals surface area contributed by atoms with Gasteiger partial charge in [-0.25, -0.2) is 0 Å². The molecule has 132 valence electrons. The Morgan fingerprint density at radius 1 is 1.08 bits per heavy atom. The fourth-order valence-corrected chi connectivity index (χ4v) is 6.76. The molecule has 0 aliphatic heterocycles. The molecular formula is C19H27NO4. The molecule has 0 aromatic heterocycles. The van der Waals surface area contributed by atoms with Crippen molar-refractivity contribution in [2.75, 3.05) is 0 Å². The number of nitrogens with zero attached hydrogens (tertiary/aromatic N) is 1. The molecule has 0 aromatic rings. The fraction of sp³-hybridized carbons (Fsp3) is 0.842. The topological polar surface area (TPSA) is 87.0 Å². The van der Waals surface area contributed by atoms with Crippen LogP contribution in [0.5, 0.6) is 0 Å². The van der Waals surface area contributed by atoms with Crippen molar-refractivity contribution < 1.29 is 19.9 Å². The SMILES string of the molecule is C[C@]12CC[C@@H]3[C@@H](C/C(=N/O)C4(O)CC(=O)CC[C@]34C)[C@@H]1CCC2=O. The van der Waals surface area contributed by atoms with Crippen molar-refractivity contribution in [2.45, 2.75) is 70.8 Å². The Morgan fingerprint density at radius 3 is 2.54 bits per heavy atom. The summed E-state index contributed by atoms with van der Waals surface area (Å²) < 4.78 is 0. The van der Waals surface area contributed by atoms with Gasteiger partial charge in [0.15, 0.2) is 0 Å². The van der Waals surface area contributed by atoms with Crippen LogP contribution in [0.15, 0.2) is 5.16 Å². The number of Topliss-reactive ketones (excluding diaryl/α,β-unsaturated/α-hetero) is 2. The minimum atomic E-state index is -1.32. The Bertz CT molecular complexity index is 643. The highest BCUT2D eigenvalue weighted by Gasteiger charge is 2.67. The summed E-state index contributed by atoms with van der Waals surface area (Å²) in [6.07, 6.45) is 5.04. The van der Waals surface area contributed by atoms with Crippen LogP contribution >= 0.6 is 0 Å². The fourth-order valence-electron chi connectivity index (χ4n) is 6.76. The highest BCUT2D eigenvalue weighted by atomic mass is 16.4. The van der Waals surface area contributed by atoms with E-state index in [1.165, 1.54) is 0 Å². The zero-order valence-corrected chi connectivity index (χ0v) is 14.5. The van der Waals surface area contributed by atoms with Gasteiger partial charge < -0.3 is 10.3 Å². The Hall–Kier alpha value is -1.23. The van der Waals surface area contributed by atoms with Crippen molar-refractivity contribution in [1.82, 2.24) is 0 Å². The summed E-state index contributed by atoms with van der Waals surface area (Å²) in [5.41, 5.74) is -1.66. The summed E-state index contributed by atoms with van der Waals surface area (Å²) in [6, 6.07) is 0. The molecule has 0 heterocycles. The summed E-state index contributed by atoms with van der Waals surface area (Å²) in [6.45, 7) is 4.17. The lowest BCUT2D eigenvalue weighted by Crippen LogP contribution is -2.66. The second-order valence-corrected chi connectivity index (χ2v) is 9.04. The van der Waals surface area contributed by atoms with Crippen molar-refractivity contribution in [3.8, 4) is 0 Å². The molecule has 4 saturated carbocycles. The zero-order chi connectivity index (χ0) is 17.3. The van der Waals surface area contributed by atoms with Gasteiger partial charge in [0, 0.05) is 30.1 Å². The molecule has 5 nitrogen and oxygen atoms in total. The molecule has 4 aliphatic rings. The maximum Gasteiger partial charge on any atom is 0.139 e. The normalized spacial score (nSPS) is 52.8. The van der Waals surface area contributed by atoms with Crippen LogP contribution in [-0.4, -0.2) is 33.2 Å². The van der Waals surface area contributed by atoms with E-state index < -0.39 is 11.0 Å². The minimum Gasteiger partial charge on any atom is -0.411 e. The lowest BCUT2D eigenvalue weighted by molar-refractivity contribution is -0.162. The van der Waals surface area contributed by atoms with Crippen molar-refractivity contribution in [2.24, 2.45) is 33.7 Å². The first kappa shape index (κ1) is 16.2.